The van der Waals surface area contributed by atoms with Crippen LogP contribution in [0.25, 0.3) is 11.6 Å². The zero-order valence-corrected chi connectivity index (χ0v) is 14.2. The first-order chi connectivity index (χ1) is 9.80. The second-order valence-corrected chi connectivity index (χ2v) is 6.12. The van der Waals surface area contributed by atoms with Crippen molar-refractivity contribution in [2.24, 2.45) is 0 Å². The van der Waals surface area contributed by atoms with E-state index in [1.54, 1.807) is 6.08 Å². The van der Waals surface area contributed by atoms with Crippen molar-refractivity contribution >= 4 is 34.9 Å². The van der Waals surface area contributed by atoms with Gasteiger partial charge < -0.3 is 0 Å². The summed E-state index contributed by atoms with van der Waals surface area (Å²) in [6.07, 6.45) is -2.55. The Bertz CT molecular complexity index is 719. The second-order valence-electron chi connectivity index (χ2n) is 4.79. The average molecular weight is 377 g/mol. The first-order valence-electron chi connectivity index (χ1n) is 6.17. The van der Waals surface area contributed by atoms with Gasteiger partial charge in [0, 0.05) is 27.3 Å². The van der Waals surface area contributed by atoms with Crippen molar-refractivity contribution in [3.05, 3.63) is 70.8 Å². The van der Waals surface area contributed by atoms with E-state index >= 15 is 0 Å². The molecule has 0 atom stereocenters. The summed E-state index contributed by atoms with van der Waals surface area (Å²) in [6.45, 7) is 0. The third-order valence-electron chi connectivity index (χ3n) is 3.46. The number of hydrogen-bond acceptors (Lipinski definition) is 0. The van der Waals surface area contributed by atoms with E-state index in [0.717, 1.165) is 23.3 Å². The summed E-state index contributed by atoms with van der Waals surface area (Å²) in [7, 11) is 0. The van der Waals surface area contributed by atoms with Crippen LogP contribution in [-0.2, 0) is 32.2 Å². The smallest absolute Gasteiger partial charge is 0.166 e. The molecular formula is C16H9Cl2F3Ti. The van der Waals surface area contributed by atoms with Gasteiger partial charge in [-0.2, -0.15) is 13.2 Å². The fourth-order valence-corrected chi connectivity index (χ4v) is 3.07. The predicted molar refractivity (Wildman–Crippen MR) is 79.1 cm³/mol. The van der Waals surface area contributed by atoms with E-state index in [0.29, 0.717) is 11.1 Å². The Morgan fingerprint density at radius 2 is 1.45 bits per heavy atom. The fraction of sp³-hybridized carbons (Fsp3) is 0.125. The Labute approximate surface area is 150 Å². The summed E-state index contributed by atoms with van der Waals surface area (Å²) in [5.41, 5.74) is 2.07. The summed E-state index contributed by atoms with van der Waals surface area (Å²) in [4.78, 5) is 0. The minimum Gasteiger partial charge on any atom is -0.166 e. The van der Waals surface area contributed by atoms with Crippen molar-refractivity contribution in [1.29, 1.82) is 0 Å². The Balaban J connectivity index is 0.00000176. The molecule has 0 aliphatic heterocycles. The molecule has 0 amide bonds. The van der Waals surface area contributed by atoms with Crippen LogP contribution in [-0.4, -0.2) is 0 Å². The van der Waals surface area contributed by atoms with Gasteiger partial charge in [0.15, 0.2) is 4.33 Å². The van der Waals surface area contributed by atoms with E-state index in [1.165, 1.54) is 12.1 Å². The molecule has 2 aromatic carbocycles. The van der Waals surface area contributed by atoms with E-state index in [1.807, 2.05) is 24.3 Å². The van der Waals surface area contributed by atoms with Gasteiger partial charge in [0.05, 0.1) is 5.56 Å². The molecule has 0 fully saturated rings. The molecule has 2 aromatic rings. The normalized spacial score (nSPS) is 15.8. The molecule has 0 spiro atoms. The third kappa shape index (κ3) is 3.00. The fourth-order valence-electron chi connectivity index (χ4n) is 2.40. The van der Waals surface area contributed by atoms with Crippen LogP contribution in [0.1, 0.15) is 22.3 Å². The van der Waals surface area contributed by atoms with Crippen molar-refractivity contribution in [3.63, 3.8) is 0 Å². The average Bonchev–Trinajstić information content (AvgIpc) is 2.70. The minimum atomic E-state index is -4.36. The first-order valence-corrected chi connectivity index (χ1v) is 6.93. The number of fused-ring (bicyclic) bond motifs is 1. The monoisotopic (exact) mass is 376 g/mol. The standard InChI is InChI=1S/C16H9Cl2F3.Ti/c17-15(18)13-4-2-1-3-11(13)9-14(15)10-5-7-12(8-6-10)16(19,20)21;/h1-9H;. The van der Waals surface area contributed by atoms with Gasteiger partial charge in [-0.05, 0) is 34.9 Å². The Kier molecular flexibility index (Phi) is 4.84. The van der Waals surface area contributed by atoms with Crippen molar-refractivity contribution in [3.8, 4) is 0 Å². The summed E-state index contributed by atoms with van der Waals surface area (Å²) >= 11 is 12.8. The molecule has 0 bridgehead atoms. The van der Waals surface area contributed by atoms with Gasteiger partial charge in [0.2, 0.25) is 0 Å². The van der Waals surface area contributed by atoms with Crippen LogP contribution in [0.15, 0.2) is 48.5 Å². The molecule has 22 heavy (non-hydrogen) atoms. The molecular weight excluding hydrogens is 368 g/mol. The van der Waals surface area contributed by atoms with Crippen LogP contribution in [0.5, 0.6) is 0 Å². The van der Waals surface area contributed by atoms with Crippen molar-refractivity contribution in [2.75, 3.05) is 0 Å². The van der Waals surface area contributed by atoms with Crippen LogP contribution in [0.4, 0.5) is 13.2 Å². The van der Waals surface area contributed by atoms with Gasteiger partial charge in [-0.15, -0.1) is 0 Å². The molecule has 0 saturated heterocycles. The summed E-state index contributed by atoms with van der Waals surface area (Å²) in [5.74, 6) is 0. The predicted octanol–water partition coefficient (Wildman–Crippen LogP) is 5.89. The number of hydrogen-bond donors (Lipinski definition) is 0. The molecule has 6 heteroatoms. The molecule has 112 valence electrons. The third-order valence-corrected chi connectivity index (χ3v) is 4.27. The summed E-state index contributed by atoms with van der Waals surface area (Å²) in [6, 6.07) is 12.2. The number of allylic oxidation sites excluding steroid dienone is 1. The first kappa shape index (κ1) is 17.6. The van der Waals surface area contributed by atoms with Gasteiger partial charge in [-0.25, -0.2) is 0 Å². The van der Waals surface area contributed by atoms with Crippen LogP contribution in [0.2, 0.25) is 0 Å². The van der Waals surface area contributed by atoms with E-state index in [4.69, 9.17) is 23.2 Å². The summed E-state index contributed by atoms with van der Waals surface area (Å²) in [5, 5.41) is 0. The molecule has 1 aliphatic rings. The molecule has 0 saturated carbocycles. The number of rotatable bonds is 1. The van der Waals surface area contributed by atoms with Crippen molar-refractivity contribution in [1.82, 2.24) is 0 Å². The minimum absolute atomic E-state index is 0. The molecule has 0 N–H and O–H groups in total. The Morgan fingerprint density at radius 1 is 0.864 bits per heavy atom. The van der Waals surface area contributed by atoms with Gasteiger partial charge in [0.1, 0.15) is 0 Å². The summed E-state index contributed by atoms with van der Waals surface area (Å²) < 4.78 is 36.5. The van der Waals surface area contributed by atoms with E-state index in [9.17, 15) is 13.2 Å². The topological polar surface area (TPSA) is 0 Å². The van der Waals surface area contributed by atoms with Gasteiger partial charge in [-0.1, -0.05) is 59.6 Å². The van der Waals surface area contributed by atoms with E-state index < -0.39 is 16.1 Å². The van der Waals surface area contributed by atoms with Crippen LogP contribution in [0, 0.1) is 0 Å². The van der Waals surface area contributed by atoms with E-state index in [2.05, 4.69) is 0 Å². The van der Waals surface area contributed by atoms with Crippen LogP contribution < -0.4 is 0 Å². The molecule has 0 nitrogen and oxygen atoms in total. The van der Waals surface area contributed by atoms with Gasteiger partial charge in [-0.3, -0.25) is 0 Å². The Hall–Kier alpha value is -0.736. The zero-order valence-electron chi connectivity index (χ0n) is 11.1. The SMILES string of the molecule is FC(F)(F)c1ccc(C2=Cc3ccccc3C2(Cl)Cl)cc1.[Ti]. The zero-order chi connectivity index (χ0) is 15.3. The Morgan fingerprint density at radius 3 is 2.00 bits per heavy atom. The molecule has 0 unspecified atom stereocenters. The number of alkyl halides is 5. The van der Waals surface area contributed by atoms with Crippen molar-refractivity contribution < 1.29 is 34.9 Å². The molecule has 0 heterocycles. The largest absolute Gasteiger partial charge is 0.416 e. The maximum atomic E-state index is 12.6. The quantitative estimate of drug-likeness (QED) is 0.430. The van der Waals surface area contributed by atoms with E-state index in [-0.39, 0.29) is 21.7 Å². The second kappa shape index (κ2) is 6.05. The maximum Gasteiger partial charge on any atom is 0.416 e. The van der Waals surface area contributed by atoms with Crippen LogP contribution >= 0.6 is 23.2 Å². The van der Waals surface area contributed by atoms with Gasteiger partial charge >= 0.3 is 6.18 Å². The maximum absolute atomic E-state index is 12.6. The van der Waals surface area contributed by atoms with Crippen molar-refractivity contribution in [2.45, 2.75) is 10.5 Å². The molecule has 3 rings (SSSR count). The number of halogens is 5. The van der Waals surface area contributed by atoms with Crippen LogP contribution in [0.3, 0.4) is 0 Å². The molecule has 1 aliphatic carbocycles. The molecule has 0 radical (unpaired) electrons. The number of benzene rings is 2. The van der Waals surface area contributed by atoms with Gasteiger partial charge in [0.25, 0.3) is 0 Å². The molecule has 0 aromatic heterocycles.